The van der Waals surface area contributed by atoms with Crippen LogP contribution in [-0.4, -0.2) is 40.0 Å². The summed E-state index contributed by atoms with van der Waals surface area (Å²) in [4.78, 5) is 23.0. The first-order valence-corrected chi connectivity index (χ1v) is 12.0. The number of nitro groups is 1. The Morgan fingerprint density at radius 1 is 1.00 bits per heavy atom. The second-order valence-electron chi connectivity index (χ2n) is 7.55. The average Bonchev–Trinajstić information content (AvgIpc) is 2.83. The Morgan fingerprint density at radius 2 is 1.71 bits per heavy atom. The summed E-state index contributed by atoms with van der Waals surface area (Å²) in [7, 11) is -1.11. The third-order valence-electron chi connectivity index (χ3n) is 5.24. The smallest absolute Gasteiger partial charge is 0.270 e. The van der Waals surface area contributed by atoms with Crippen molar-refractivity contribution in [1.82, 2.24) is 5.32 Å². The topological polar surface area (TPSA) is 137 Å². The Balaban J connectivity index is 1.75. The van der Waals surface area contributed by atoms with Crippen LogP contribution in [-0.2, 0) is 16.4 Å². The lowest BCUT2D eigenvalue weighted by molar-refractivity contribution is -0.385. The first kappa shape index (κ1) is 25.5. The summed E-state index contributed by atoms with van der Waals surface area (Å²) in [6.07, 6.45) is 0.507. The number of aryl methyl sites for hydroxylation is 1. The van der Waals surface area contributed by atoms with Crippen LogP contribution in [0.5, 0.6) is 11.5 Å². The van der Waals surface area contributed by atoms with Gasteiger partial charge in [0.15, 0.2) is 11.5 Å². The van der Waals surface area contributed by atoms with E-state index in [4.69, 9.17) is 9.47 Å². The molecule has 184 valence electrons. The molecule has 0 saturated heterocycles. The minimum Gasteiger partial charge on any atom is -0.493 e. The Hall–Kier alpha value is -4.12. The number of hydrogen-bond acceptors (Lipinski definition) is 7. The highest BCUT2D eigenvalue weighted by atomic mass is 32.2. The molecule has 0 saturated carbocycles. The van der Waals surface area contributed by atoms with Crippen molar-refractivity contribution in [2.24, 2.45) is 0 Å². The summed E-state index contributed by atoms with van der Waals surface area (Å²) >= 11 is 0. The predicted molar refractivity (Wildman–Crippen MR) is 131 cm³/mol. The van der Waals surface area contributed by atoms with E-state index in [-0.39, 0.29) is 21.8 Å². The van der Waals surface area contributed by atoms with Crippen molar-refractivity contribution in [3.63, 3.8) is 0 Å². The van der Waals surface area contributed by atoms with Gasteiger partial charge in [-0.15, -0.1) is 0 Å². The van der Waals surface area contributed by atoms with Gasteiger partial charge < -0.3 is 14.8 Å². The molecular weight excluding hydrogens is 474 g/mol. The number of para-hydroxylation sites is 1. The van der Waals surface area contributed by atoms with Crippen LogP contribution in [0.2, 0.25) is 0 Å². The highest BCUT2D eigenvalue weighted by molar-refractivity contribution is 7.92. The van der Waals surface area contributed by atoms with E-state index in [0.717, 1.165) is 11.6 Å². The van der Waals surface area contributed by atoms with E-state index in [0.29, 0.717) is 30.0 Å². The average molecular weight is 500 g/mol. The Bertz CT molecular complexity index is 1360. The number of carbonyl (C=O) groups excluding carboxylic acids is 1. The molecule has 0 radical (unpaired) electrons. The molecule has 0 unspecified atom stereocenters. The van der Waals surface area contributed by atoms with Crippen LogP contribution < -0.4 is 19.5 Å². The van der Waals surface area contributed by atoms with E-state index >= 15 is 0 Å². The molecule has 3 rings (SSSR count). The summed E-state index contributed by atoms with van der Waals surface area (Å²) in [5, 5.41) is 13.9. The number of non-ortho nitro benzene ring substituents is 1. The molecule has 2 N–H and O–H groups in total. The highest BCUT2D eigenvalue weighted by Gasteiger charge is 2.23. The normalized spacial score (nSPS) is 10.9. The van der Waals surface area contributed by atoms with E-state index < -0.39 is 20.9 Å². The lowest BCUT2D eigenvalue weighted by Crippen LogP contribution is -2.27. The molecule has 0 atom stereocenters. The molecule has 0 spiro atoms. The van der Waals surface area contributed by atoms with E-state index in [2.05, 4.69) is 10.0 Å². The number of nitrogens with zero attached hydrogens (tertiary/aromatic N) is 1. The lowest BCUT2D eigenvalue weighted by atomic mass is 10.1. The number of carbonyl (C=O) groups is 1. The summed E-state index contributed by atoms with van der Waals surface area (Å²) in [6.45, 7) is 1.82. The van der Waals surface area contributed by atoms with Crippen LogP contribution in [0, 0.1) is 17.0 Å². The zero-order chi connectivity index (χ0) is 25.6. The fourth-order valence-electron chi connectivity index (χ4n) is 3.41. The number of amides is 1. The van der Waals surface area contributed by atoms with Crippen molar-refractivity contribution < 1.29 is 27.6 Å². The van der Waals surface area contributed by atoms with Crippen LogP contribution in [0.4, 0.5) is 11.4 Å². The molecule has 11 heteroatoms. The van der Waals surface area contributed by atoms with Crippen molar-refractivity contribution in [2.45, 2.75) is 18.2 Å². The number of methoxy groups -OCH3 is 2. The molecule has 3 aromatic carbocycles. The van der Waals surface area contributed by atoms with Gasteiger partial charge in [-0.1, -0.05) is 24.3 Å². The van der Waals surface area contributed by atoms with Gasteiger partial charge in [0.1, 0.15) is 0 Å². The molecule has 0 bridgehead atoms. The summed E-state index contributed by atoms with van der Waals surface area (Å²) in [5.74, 6) is 0.701. The largest absolute Gasteiger partial charge is 0.493 e. The molecule has 0 aliphatic rings. The van der Waals surface area contributed by atoms with Gasteiger partial charge in [0.25, 0.3) is 21.6 Å². The highest BCUT2D eigenvalue weighted by Crippen LogP contribution is 2.28. The van der Waals surface area contributed by atoms with Gasteiger partial charge >= 0.3 is 0 Å². The molecule has 10 nitrogen and oxygen atoms in total. The Kier molecular flexibility index (Phi) is 7.92. The van der Waals surface area contributed by atoms with Crippen molar-refractivity contribution in [3.8, 4) is 11.5 Å². The number of nitrogens with one attached hydrogen (secondary N) is 2. The second-order valence-corrected chi connectivity index (χ2v) is 9.20. The molecule has 0 heterocycles. The maximum atomic E-state index is 13.0. The van der Waals surface area contributed by atoms with Crippen molar-refractivity contribution in [2.75, 3.05) is 25.5 Å². The number of anilines is 1. The number of benzene rings is 3. The van der Waals surface area contributed by atoms with Gasteiger partial charge in [-0.05, 0) is 48.7 Å². The fourth-order valence-corrected chi connectivity index (χ4v) is 4.76. The van der Waals surface area contributed by atoms with Gasteiger partial charge in [-0.3, -0.25) is 19.6 Å². The second kappa shape index (κ2) is 10.9. The molecule has 0 aromatic heterocycles. The summed E-state index contributed by atoms with van der Waals surface area (Å²) in [5.41, 5.74) is 1.07. The molecular formula is C24H25N3O7S. The number of sulfonamides is 1. The maximum absolute atomic E-state index is 13.0. The summed E-state index contributed by atoms with van der Waals surface area (Å²) < 4.78 is 38.9. The minimum atomic E-state index is -4.19. The van der Waals surface area contributed by atoms with Crippen LogP contribution in [0.1, 0.15) is 21.5 Å². The fraction of sp³-hybridized carbons (Fsp3) is 0.208. The number of ether oxygens (including phenoxy) is 2. The van der Waals surface area contributed by atoms with Gasteiger partial charge in [0, 0.05) is 18.7 Å². The Labute approximate surface area is 203 Å². The third-order valence-corrected chi connectivity index (χ3v) is 6.74. The zero-order valence-corrected chi connectivity index (χ0v) is 20.2. The number of hydrogen-bond donors (Lipinski definition) is 2. The molecule has 3 aromatic rings. The number of nitro benzene ring substituents is 1. The van der Waals surface area contributed by atoms with Gasteiger partial charge in [-0.2, -0.15) is 0 Å². The van der Waals surface area contributed by atoms with Gasteiger partial charge in [0.2, 0.25) is 0 Å². The van der Waals surface area contributed by atoms with E-state index in [9.17, 15) is 23.3 Å². The predicted octanol–water partition coefficient (Wildman–Crippen LogP) is 3.69. The quantitative estimate of drug-likeness (QED) is 0.321. The number of rotatable bonds is 10. The minimum absolute atomic E-state index is 0.0574. The van der Waals surface area contributed by atoms with Crippen LogP contribution >= 0.6 is 0 Å². The molecule has 1 amide bonds. The molecule has 35 heavy (non-hydrogen) atoms. The molecule has 0 aliphatic heterocycles. The standard InChI is InChI=1S/C24H25N3O7S/c1-16-8-10-18(27(29)30)15-23(16)35(31,32)26-20-7-5-4-6-19(20)24(28)25-13-12-17-9-11-21(33-2)22(14-17)34-3/h4-11,14-15,26H,12-13H2,1-3H3,(H,25,28). The van der Waals surface area contributed by atoms with E-state index in [1.54, 1.807) is 25.3 Å². The van der Waals surface area contributed by atoms with Gasteiger partial charge in [0.05, 0.1) is 35.3 Å². The van der Waals surface area contributed by atoms with Crippen molar-refractivity contribution in [3.05, 3.63) is 87.5 Å². The first-order valence-electron chi connectivity index (χ1n) is 10.5. The Morgan fingerprint density at radius 3 is 2.40 bits per heavy atom. The zero-order valence-electron chi connectivity index (χ0n) is 19.4. The third kappa shape index (κ3) is 6.07. The lowest BCUT2D eigenvalue weighted by Gasteiger charge is -2.14. The van der Waals surface area contributed by atoms with Crippen LogP contribution in [0.25, 0.3) is 0 Å². The molecule has 0 fully saturated rings. The first-order chi connectivity index (χ1) is 16.7. The van der Waals surface area contributed by atoms with Crippen LogP contribution in [0.15, 0.2) is 65.6 Å². The monoisotopic (exact) mass is 499 g/mol. The summed E-state index contributed by atoms with van der Waals surface area (Å²) in [6, 6.07) is 15.2. The SMILES string of the molecule is COc1ccc(CCNC(=O)c2ccccc2NS(=O)(=O)c2cc([N+](=O)[O-])ccc2C)cc1OC. The van der Waals surface area contributed by atoms with Crippen molar-refractivity contribution >= 4 is 27.3 Å². The van der Waals surface area contributed by atoms with Crippen molar-refractivity contribution in [1.29, 1.82) is 0 Å². The van der Waals surface area contributed by atoms with Crippen LogP contribution in [0.3, 0.4) is 0 Å². The van der Waals surface area contributed by atoms with E-state index in [1.807, 2.05) is 12.1 Å². The van der Waals surface area contributed by atoms with Gasteiger partial charge in [-0.25, -0.2) is 8.42 Å². The molecule has 0 aliphatic carbocycles. The van der Waals surface area contributed by atoms with E-state index in [1.165, 1.54) is 38.3 Å². The maximum Gasteiger partial charge on any atom is 0.270 e.